The van der Waals surface area contributed by atoms with Crippen LogP contribution in [-0.2, 0) is 4.74 Å². The van der Waals surface area contributed by atoms with E-state index in [0.29, 0.717) is 45.6 Å². The fourth-order valence-corrected chi connectivity index (χ4v) is 4.11. The van der Waals surface area contributed by atoms with Crippen LogP contribution in [0.2, 0.25) is 0 Å². The van der Waals surface area contributed by atoms with Crippen LogP contribution in [0.15, 0.2) is 79.1 Å². The summed E-state index contributed by atoms with van der Waals surface area (Å²) in [6.45, 7) is 3.93. The van der Waals surface area contributed by atoms with Gasteiger partial charge in [0.15, 0.2) is 0 Å². The van der Waals surface area contributed by atoms with Gasteiger partial charge < -0.3 is 20.5 Å². The standard InChI is InChI=1S/C29H26N6O4/c1-17(2)39-21-11-12-23-24(15-21)35(27(33-23)22-5-4-14-31-26(22)30)20-10-13-25(32-16-20)34-28(36)18-6-8-19(9-7-18)29(37)38-3/h4-17H,1-3H3,(H2,30,31)(H,32,34,36). The van der Waals surface area contributed by atoms with E-state index in [9.17, 15) is 9.59 Å². The minimum atomic E-state index is -0.471. The van der Waals surface area contributed by atoms with Gasteiger partial charge in [-0.1, -0.05) is 0 Å². The minimum absolute atomic E-state index is 0.00786. The fourth-order valence-electron chi connectivity index (χ4n) is 4.11. The number of esters is 1. The Bertz CT molecular complexity index is 1660. The van der Waals surface area contributed by atoms with Crippen molar-refractivity contribution in [3.8, 4) is 22.8 Å². The number of rotatable bonds is 7. The molecule has 10 heteroatoms. The molecule has 3 aromatic heterocycles. The first-order chi connectivity index (χ1) is 18.8. The topological polar surface area (TPSA) is 134 Å². The maximum absolute atomic E-state index is 12.7. The Balaban J connectivity index is 1.49. The summed E-state index contributed by atoms with van der Waals surface area (Å²) in [4.78, 5) is 37.9. The summed E-state index contributed by atoms with van der Waals surface area (Å²) in [5.74, 6) is 1.18. The zero-order valence-electron chi connectivity index (χ0n) is 21.6. The number of nitrogen functional groups attached to an aromatic ring is 1. The molecule has 39 heavy (non-hydrogen) atoms. The Kier molecular flexibility index (Phi) is 6.92. The number of carbonyl (C=O) groups excluding carboxylic acids is 2. The molecule has 0 aliphatic heterocycles. The number of anilines is 2. The van der Waals surface area contributed by atoms with Gasteiger partial charge in [0, 0.05) is 17.8 Å². The van der Waals surface area contributed by atoms with Gasteiger partial charge in [-0.15, -0.1) is 0 Å². The van der Waals surface area contributed by atoms with Crippen molar-refractivity contribution in [3.63, 3.8) is 0 Å². The third-order valence-electron chi connectivity index (χ3n) is 5.89. The summed E-state index contributed by atoms with van der Waals surface area (Å²) in [5.41, 5.74) is 9.87. The Morgan fingerprint density at radius 2 is 1.74 bits per heavy atom. The van der Waals surface area contributed by atoms with Gasteiger partial charge in [-0.2, -0.15) is 0 Å². The first kappa shape index (κ1) is 25.4. The maximum atomic E-state index is 12.7. The normalized spacial score (nSPS) is 11.0. The average Bonchev–Trinajstić information content (AvgIpc) is 3.31. The first-order valence-corrected chi connectivity index (χ1v) is 12.2. The second-order valence-electron chi connectivity index (χ2n) is 8.95. The number of hydrogen-bond acceptors (Lipinski definition) is 8. The van der Waals surface area contributed by atoms with Crippen LogP contribution in [0, 0.1) is 0 Å². The van der Waals surface area contributed by atoms with Gasteiger partial charge in [-0.05, 0) is 74.5 Å². The Hall–Kier alpha value is -5.25. The van der Waals surface area contributed by atoms with Crippen molar-refractivity contribution in [1.29, 1.82) is 0 Å². The number of carbonyl (C=O) groups is 2. The summed E-state index contributed by atoms with van der Waals surface area (Å²) in [7, 11) is 1.30. The number of hydrogen-bond donors (Lipinski definition) is 2. The average molecular weight is 523 g/mol. The molecular formula is C29H26N6O4. The van der Waals surface area contributed by atoms with E-state index in [0.717, 1.165) is 11.0 Å². The van der Waals surface area contributed by atoms with Gasteiger partial charge >= 0.3 is 5.97 Å². The molecule has 1 amide bonds. The molecule has 5 rings (SSSR count). The summed E-state index contributed by atoms with van der Waals surface area (Å²) < 4.78 is 12.5. The molecule has 0 saturated carbocycles. The zero-order valence-corrected chi connectivity index (χ0v) is 21.6. The number of ether oxygens (including phenoxy) is 2. The molecule has 0 aliphatic carbocycles. The SMILES string of the molecule is COC(=O)c1ccc(C(=O)Nc2ccc(-n3c(-c4cccnc4N)nc4ccc(OC(C)C)cc43)cn2)cc1. The smallest absolute Gasteiger partial charge is 0.337 e. The molecule has 2 aromatic carbocycles. The van der Waals surface area contributed by atoms with Gasteiger partial charge in [-0.25, -0.2) is 19.7 Å². The number of nitrogens with zero attached hydrogens (tertiary/aromatic N) is 4. The van der Waals surface area contributed by atoms with Crippen LogP contribution in [-0.4, -0.2) is 44.6 Å². The van der Waals surface area contributed by atoms with Crippen LogP contribution in [0.5, 0.6) is 5.75 Å². The number of pyridine rings is 2. The van der Waals surface area contributed by atoms with Crippen LogP contribution in [0.1, 0.15) is 34.6 Å². The van der Waals surface area contributed by atoms with Crippen LogP contribution >= 0.6 is 0 Å². The Morgan fingerprint density at radius 1 is 0.974 bits per heavy atom. The summed E-state index contributed by atoms with van der Waals surface area (Å²) in [5, 5.41) is 2.78. The van der Waals surface area contributed by atoms with Gasteiger partial charge in [-0.3, -0.25) is 9.36 Å². The van der Waals surface area contributed by atoms with E-state index in [4.69, 9.17) is 20.2 Å². The molecule has 0 fully saturated rings. The molecule has 0 unspecified atom stereocenters. The second-order valence-corrected chi connectivity index (χ2v) is 8.95. The first-order valence-electron chi connectivity index (χ1n) is 12.2. The molecular weight excluding hydrogens is 496 g/mol. The van der Waals surface area contributed by atoms with Crippen molar-refractivity contribution in [2.45, 2.75) is 20.0 Å². The van der Waals surface area contributed by atoms with Crippen LogP contribution in [0.25, 0.3) is 28.1 Å². The number of amides is 1. The van der Waals surface area contributed by atoms with E-state index in [2.05, 4.69) is 15.3 Å². The third-order valence-corrected chi connectivity index (χ3v) is 5.89. The zero-order chi connectivity index (χ0) is 27.5. The van der Waals surface area contributed by atoms with Gasteiger partial charge in [0.25, 0.3) is 5.91 Å². The van der Waals surface area contributed by atoms with Crippen LogP contribution in [0.4, 0.5) is 11.6 Å². The highest BCUT2D eigenvalue weighted by molar-refractivity contribution is 6.04. The number of benzene rings is 2. The van der Waals surface area contributed by atoms with Crippen LogP contribution in [0.3, 0.4) is 0 Å². The molecule has 3 heterocycles. The van der Waals surface area contributed by atoms with E-state index in [1.807, 2.05) is 48.7 Å². The van der Waals surface area contributed by atoms with Crippen molar-refractivity contribution in [2.75, 3.05) is 18.2 Å². The second kappa shape index (κ2) is 10.6. The lowest BCUT2D eigenvalue weighted by molar-refractivity contribution is 0.0600. The fraction of sp³-hybridized carbons (Fsp3) is 0.138. The van der Waals surface area contributed by atoms with Crippen molar-refractivity contribution in [3.05, 3.63) is 90.3 Å². The van der Waals surface area contributed by atoms with Crippen molar-refractivity contribution < 1.29 is 19.1 Å². The lowest BCUT2D eigenvalue weighted by atomic mass is 10.1. The molecule has 5 aromatic rings. The van der Waals surface area contributed by atoms with E-state index in [1.54, 1.807) is 36.7 Å². The monoisotopic (exact) mass is 522 g/mol. The Labute approximate surface area is 224 Å². The molecule has 0 spiro atoms. The molecule has 0 aliphatic rings. The van der Waals surface area contributed by atoms with Crippen molar-refractivity contribution in [2.24, 2.45) is 0 Å². The summed E-state index contributed by atoms with van der Waals surface area (Å²) >= 11 is 0. The molecule has 3 N–H and O–H groups in total. The maximum Gasteiger partial charge on any atom is 0.337 e. The molecule has 0 atom stereocenters. The number of methoxy groups -OCH3 is 1. The molecule has 0 radical (unpaired) electrons. The lowest BCUT2D eigenvalue weighted by Gasteiger charge is -2.13. The molecule has 196 valence electrons. The van der Waals surface area contributed by atoms with Crippen LogP contribution < -0.4 is 15.8 Å². The highest BCUT2D eigenvalue weighted by Crippen LogP contribution is 2.33. The van der Waals surface area contributed by atoms with E-state index >= 15 is 0 Å². The van der Waals surface area contributed by atoms with E-state index in [-0.39, 0.29) is 12.0 Å². The Morgan fingerprint density at radius 3 is 2.41 bits per heavy atom. The number of aromatic nitrogens is 4. The highest BCUT2D eigenvalue weighted by Gasteiger charge is 2.18. The molecule has 10 nitrogen and oxygen atoms in total. The predicted molar refractivity (Wildman–Crippen MR) is 148 cm³/mol. The summed E-state index contributed by atoms with van der Waals surface area (Å²) in [6.07, 6.45) is 3.28. The third kappa shape index (κ3) is 5.26. The quantitative estimate of drug-likeness (QED) is 0.289. The largest absolute Gasteiger partial charge is 0.491 e. The van der Waals surface area contributed by atoms with E-state index in [1.165, 1.54) is 19.2 Å². The van der Waals surface area contributed by atoms with Gasteiger partial charge in [0.05, 0.1) is 47.3 Å². The summed E-state index contributed by atoms with van der Waals surface area (Å²) in [6, 6.07) is 19.1. The molecule has 0 saturated heterocycles. The van der Waals surface area contributed by atoms with Gasteiger partial charge in [0.1, 0.15) is 23.2 Å². The number of nitrogens with one attached hydrogen (secondary N) is 1. The number of fused-ring (bicyclic) bond motifs is 1. The predicted octanol–water partition coefficient (Wildman–Crippen LogP) is 4.89. The van der Waals surface area contributed by atoms with Crippen molar-refractivity contribution >= 4 is 34.5 Å². The van der Waals surface area contributed by atoms with E-state index < -0.39 is 5.97 Å². The minimum Gasteiger partial charge on any atom is -0.491 e. The number of nitrogens with two attached hydrogens (primary N) is 1. The van der Waals surface area contributed by atoms with Gasteiger partial charge in [0.2, 0.25) is 0 Å². The van der Waals surface area contributed by atoms with Crippen molar-refractivity contribution in [1.82, 2.24) is 19.5 Å². The number of imidazole rings is 1. The highest BCUT2D eigenvalue weighted by atomic mass is 16.5. The molecule has 0 bridgehead atoms. The lowest BCUT2D eigenvalue weighted by Crippen LogP contribution is -2.13.